The number of fused-ring (bicyclic) bond motifs is 1. The lowest BCUT2D eigenvalue weighted by molar-refractivity contribution is 0.0942. The van der Waals surface area contributed by atoms with E-state index >= 15 is 0 Å². The second-order valence-electron chi connectivity index (χ2n) is 6.76. The summed E-state index contributed by atoms with van der Waals surface area (Å²) >= 11 is 0. The van der Waals surface area contributed by atoms with Gasteiger partial charge in [0.1, 0.15) is 13.2 Å². The third-order valence-corrected chi connectivity index (χ3v) is 4.66. The molecule has 0 aliphatic carbocycles. The second kappa shape index (κ2) is 7.79. The molecule has 5 heteroatoms. The van der Waals surface area contributed by atoms with Gasteiger partial charge in [-0.25, -0.2) is 0 Å². The van der Waals surface area contributed by atoms with Gasteiger partial charge in [-0.3, -0.25) is 9.69 Å². The molecule has 2 aromatic rings. The van der Waals surface area contributed by atoms with E-state index in [0.29, 0.717) is 26.3 Å². The Morgan fingerprint density at radius 2 is 1.96 bits per heavy atom. The van der Waals surface area contributed by atoms with Gasteiger partial charge >= 0.3 is 0 Å². The zero-order chi connectivity index (χ0) is 18.7. The Bertz CT molecular complexity index is 823. The summed E-state index contributed by atoms with van der Waals surface area (Å²) in [5.74, 6) is 1.70. The van der Waals surface area contributed by atoms with E-state index < -0.39 is 0 Å². The van der Waals surface area contributed by atoms with E-state index in [9.17, 15) is 4.79 Å². The standard InChI is InChI=1S/C21H26N2O3/c1-5-8-23-15(2)11-18(16(23)3)19(24)14-22(4)13-17-6-7-20-21(12-17)26-10-9-25-20/h5-7,11-12H,1,8-10,13-14H2,2-4H3. The number of hydrogen-bond acceptors (Lipinski definition) is 4. The van der Waals surface area contributed by atoms with Crippen molar-refractivity contribution in [3.8, 4) is 11.5 Å². The lowest BCUT2D eigenvalue weighted by Crippen LogP contribution is -2.26. The Morgan fingerprint density at radius 3 is 2.69 bits per heavy atom. The quantitative estimate of drug-likeness (QED) is 0.565. The summed E-state index contributed by atoms with van der Waals surface area (Å²) in [7, 11) is 1.96. The lowest BCUT2D eigenvalue weighted by atomic mass is 10.1. The highest BCUT2D eigenvalue weighted by Gasteiger charge is 2.18. The van der Waals surface area contributed by atoms with Crippen LogP contribution < -0.4 is 9.47 Å². The van der Waals surface area contributed by atoms with Gasteiger partial charge in [0.25, 0.3) is 0 Å². The first-order valence-electron chi connectivity index (χ1n) is 8.87. The Hall–Kier alpha value is -2.53. The number of hydrogen-bond donors (Lipinski definition) is 0. The zero-order valence-electron chi connectivity index (χ0n) is 15.7. The Morgan fingerprint density at radius 1 is 1.23 bits per heavy atom. The molecule has 138 valence electrons. The molecule has 1 aromatic heterocycles. The van der Waals surface area contributed by atoms with Gasteiger partial charge in [0.2, 0.25) is 0 Å². The van der Waals surface area contributed by atoms with Crippen molar-refractivity contribution in [1.82, 2.24) is 9.47 Å². The van der Waals surface area contributed by atoms with Crippen LogP contribution in [0, 0.1) is 13.8 Å². The van der Waals surface area contributed by atoms with Gasteiger partial charge in [-0.1, -0.05) is 12.1 Å². The summed E-state index contributed by atoms with van der Waals surface area (Å²) in [6.45, 7) is 10.7. The molecule has 0 unspecified atom stereocenters. The molecule has 0 fully saturated rings. The van der Waals surface area contributed by atoms with Crippen molar-refractivity contribution in [2.45, 2.75) is 26.9 Å². The average Bonchev–Trinajstić information content (AvgIpc) is 2.90. The summed E-state index contributed by atoms with van der Waals surface area (Å²) < 4.78 is 13.3. The third-order valence-electron chi connectivity index (χ3n) is 4.66. The fourth-order valence-corrected chi connectivity index (χ4v) is 3.38. The van der Waals surface area contributed by atoms with Gasteiger partial charge < -0.3 is 14.0 Å². The van der Waals surface area contributed by atoms with Crippen LogP contribution in [0.5, 0.6) is 11.5 Å². The Balaban J connectivity index is 1.66. The number of nitrogens with zero attached hydrogens (tertiary/aromatic N) is 2. The predicted octanol–water partition coefficient (Wildman–Crippen LogP) is 3.38. The summed E-state index contributed by atoms with van der Waals surface area (Å²) in [5.41, 5.74) is 3.97. The lowest BCUT2D eigenvalue weighted by Gasteiger charge is -2.20. The molecule has 0 radical (unpaired) electrons. The SMILES string of the molecule is C=CCn1c(C)cc(C(=O)CN(C)Cc2ccc3c(c2)OCCO3)c1C. The molecule has 1 aromatic carbocycles. The van der Waals surface area contributed by atoms with Crippen LogP contribution >= 0.6 is 0 Å². The van der Waals surface area contributed by atoms with Crippen LogP contribution in [-0.4, -0.2) is 42.1 Å². The number of ketones is 1. The number of aromatic nitrogens is 1. The molecular weight excluding hydrogens is 328 g/mol. The average molecular weight is 354 g/mol. The number of aryl methyl sites for hydroxylation is 1. The maximum Gasteiger partial charge on any atom is 0.178 e. The molecule has 0 bridgehead atoms. The van der Waals surface area contributed by atoms with Crippen LogP contribution in [0.2, 0.25) is 0 Å². The summed E-state index contributed by atoms with van der Waals surface area (Å²) in [5, 5.41) is 0. The first-order valence-corrected chi connectivity index (χ1v) is 8.87. The number of carbonyl (C=O) groups excluding carboxylic acids is 1. The van der Waals surface area contributed by atoms with E-state index in [2.05, 4.69) is 11.1 Å². The molecule has 3 rings (SSSR count). The maximum absolute atomic E-state index is 12.7. The fraction of sp³-hybridized carbons (Fsp3) is 0.381. The van der Waals surface area contributed by atoms with Crippen LogP contribution in [0.3, 0.4) is 0 Å². The molecule has 2 heterocycles. The van der Waals surface area contributed by atoms with E-state index in [1.54, 1.807) is 0 Å². The molecule has 1 aliphatic rings. The molecule has 26 heavy (non-hydrogen) atoms. The molecular formula is C21H26N2O3. The van der Waals surface area contributed by atoms with Gasteiger partial charge in [-0.2, -0.15) is 0 Å². The van der Waals surface area contributed by atoms with Gasteiger partial charge in [-0.05, 0) is 44.7 Å². The van der Waals surface area contributed by atoms with Crippen LogP contribution in [0.25, 0.3) is 0 Å². The highest BCUT2D eigenvalue weighted by Crippen LogP contribution is 2.31. The van der Waals surface area contributed by atoms with E-state index in [0.717, 1.165) is 40.6 Å². The molecule has 1 aliphatic heterocycles. The topological polar surface area (TPSA) is 43.7 Å². The monoisotopic (exact) mass is 354 g/mol. The first-order chi connectivity index (χ1) is 12.5. The number of ether oxygens (including phenoxy) is 2. The van der Waals surface area contributed by atoms with Gasteiger partial charge in [-0.15, -0.1) is 6.58 Å². The Kier molecular flexibility index (Phi) is 5.47. The normalized spacial score (nSPS) is 13.1. The van der Waals surface area contributed by atoms with Crippen molar-refractivity contribution in [2.75, 3.05) is 26.8 Å². The Labute approximate surface area is 154 Å². The molecule has 0 saturated heterocycles. The second-order valence-corrected chi connectivity index (χ2v) is 6.76. The van der Waals surface area contributed by atoms with Crippen molar-refractivity contribution in [3.05, 3.63) is 59.4 Å². The van der Waals surface area contributed by atoms with Crippen molar-refractivity contribution < 1.29 is 14.3 Å². The first kappa shape index (κ1) is 18.3. The minimum absolute atomic E-state index is 0.133. The number of Topliss-reactive ketones (excluding diaryl/α,β-unsaturated/α-hetero) is 1. The maximum atomic E-state index is 12.7. The minimum Gasteiger partial charge on any atom is -0.486 e. The molecule has 0 amide bonds. The summed E-state index contributed by atoms with van der Waals surface area (Å²) in [6, 6.07) is 7.91. The van der Waals surface area contributed by atoms with Crippen molar-refractivity contribution in [3.63, 3.8) is 0 Å². The molecule has 0 spiro atoms. The van der Waals surface area contributed by atoms with Crippen molar-refractivity contribution in [2.24, 2.45) is 0 Å². The summed E-state index contributed by atoms with van der Waals surface area (Å²) in [4.78, 5) is 14.8. The number of rotatable bonds is 7. The van der Waals surface area contributed by atoms with Crippen LogP contribution in [0.4, 0.5) is 0 Å². The van der Waals surface area contributed by atoms with E-state index in [4.69, 9.17) is 9.47 Å². The van der Waals surface area contributed by atoms with Crippen molar-refractivity contribution >= 4 is 5.78 Å². The largest absolute Gasteiger partial charge is 0.486 e. The van der Waals surface area contributed by atoms with Gasteiger partial charge in [0.05, 0.1) is 6.54 Å². The van der Waals surface area contributed by atoms with Crippen LogP contribution in [0.1, 0.15) is 27.3 Å². The number of benzene rings is 1. The minimum atomic E-state index is 0.133. The number of carbonyl (C=O) groups is 1. The third kappa shape index (κ3) is 3.83. The highest BCUT2D eigenvalue weighted by molar-refractivity contribution is 5.99. The zero-order valence-corrected chi connectivity index (χ0v) is 15.7. The predicted molar refractivity (Wildman–Crippen MR) is 102 cm³/mol. The molecule has 0 atom stereocenters. The van der Waals surface area contributed by atoms with E-state index in [-0.39, 0.29) is 5.78 Å². The van der Waals surface area contributed by atoms with Crippen LogP contribution in [0.15, 0.2) is 36.9 Å². The van der Waals surface area contributed by atoms with Crippen LogP contribution in [-0.2, 0) is 13.1 Å². The van der Waals surface area contributed by atoms with Crippen molar-refractivity contribution in [1.29, 1.82) is 0 Å². The summed E-state index contributed by atoms with van der Waals surface area (Å²) in [6.07, 6.45) is 1.85. The highest BCUT2D eigenvalue weighted by atomic mass is 16.6. The fourth-order valence-electron chi connectivity index (χ4n) is 3.38. The van der Waals surface area contributed by atoms with Gasteiger partial charge in [0, 0.05) is 30.0 Å². The van der Waals surface area contributed by atoms with Gasteiger partial charge in [0.15, 0.2) is 17.3 Å². The number of likely N-dealkylation sites (N-methyl/N-ethyl adjacent to an activating group) is 1. The smallest absolute Gasteiger partial charge is 0.178 e. The van der Waals surface area contributed by atoms with E-state index in [1.165, 1.54) is 0 Å². The number of allylic oxidation sites excluding steroid dienone is 1. The molecule has 5 nitrogen and oxygen atoms in total. The molecule has 0 saturated carbocycles. The molecule has 0 N–H and O–H groups in total. The van der Waals surface area contributed by atoms with E-state index in [1.807, 2.05) is 56.1 Å².